The van der Waals surface area contributed by atoms with E-state index in [0.29, 0.717) is 6.04 Å². The van der Waals surface area contributed by atoms with Crippen molar-refractivity contribution in [3.05, 3.63) is 54.1 Å². The minimum absolute atomic E-state index is 0.332. The Kier molecular flexibility index (Phi) is 3.03. The second-order valence-electron chi connectivity index (χ2n) is 5.11. The highest BCUT2D eigenvalue weighted by molar-refractivity contribution is 5.76. The number of nitrogens with one attached hydrogen (secondary N) is 2. The number of anilines is 3. The van der Waals surface area contributed by atoms with Gasteiger partial charge in [-0.25, -0.2) is 0 Å². The molecule has 2 aromatic carbocycles. The Morgan fingerprint density at radius 3 is 2.53 bits per heavy atom. The summed E-state index contributed by atoms with van der Waals surface area (Å²) in [6, 6.07) is 17.4. The molecular formula is C16H19N3. The van der Waals surface area contributed by atoms with Gasteiger partial charge in [-0.15, -0.1) is 0 Å². The lowest BCUT2D eigenvalue weighted by atomic mass is 10.0. The van der Waals surface area contributed by atoms with Gasteiger partial charge in [-0.2, -0.15) is 0 Å². The molecule has 0 aliphatic carbocycles. The number of nitrogens with zero attached hydrogens (tertiary/aromatic N) is 1. The largest absolute Gasteiger partial charge is 0.381 e. The molecule has 3 nitrogen and oxygen atoms in total. The predicted molar refractivity (Wildman–Crippen MR) is 82.1 cm³/mol. The standard InChI is InChI=1S/C16H19N3/c1-19(2)13-8-9-14-15(10-13)17-11-16(18-14)12-6-4-3-5-7-12/h3-10,16-18H,11H2,1-2H3. The van der Waals surface area contributed by atoms with E-state index >= 15 is 0 Å². The highest BCUT2D eigenvalue weighted by atomic mass is 15.1. The maximum absolute atomic E-state index is 3.60. The number of hydrogen-bond acceptors (Lipinski definition) is 3. The zero-order valence-electron chi connectivity index (χ0n) is 11.4. The first-order valence-electron chi connectivity index (χ1n) is 6.61. The molecule has 0 saturated carbocycles. The molecule has 2 aromatic rings. The van der Waals surface area contributed by atoms with Crippen LogP contribution in [0.1, 0.15) is 11.6 Å². The zero-order valence-corrected chi connectivity index (χ0v) is 11.4. The Labute approximate surface area is 114 Å². The molecule has 1 aliphatic rings. The molecule has 0 saturated heterocycles. The Bertz CT molecular complexity index is 563. The summed E-state index contributed by atoms with van der Waals surface area (Å²) in [4.78, 5) is 2.12. The summed E-state index contributed by atoms with van der Waals surface area (Å²) < 4.78 is 0. The van der Waals surface area contributed by atoms with Gasteiger partial charge < -0.3 is 15.5 Å². The topological polar surface area (TPSA) is 27.3 Å². The fraction of sp³-hybridized carbons (Fsp3) is 0.250. The van der Waals surface area contributed by atoms with Gasteiger partial charge in [0.25, 0.3) is 0 Å². The molecule has 0 aromatic heterocycles. The van der Waals surface area contributed by atoms with Crippen LogP contribution in [0, 0.1) is 0 Å². The fourth-order valence-corrected chi connectivity index (χ4v) is 2.42. The van der Waals surface area contributed by atoms with Crippen molar-refractivity contribution < 1.29 is 0 Å². The molecule has 1 aliphatic heterocycles. The zero-order chi connectivity index (χ0) is 13.2. The Morgan fingerprint density at radius 1 is 1.00 bits per heavy atom. The summed E-state index contributed by atoms with van der Waals surface area (Å²) in [6.07, 6.45) is 0. The second kappa shape index (κ2) is 4.84. The van der Waals surface area contributed by atoms with Crippen LogP contribution in [0.15, 0.2) is 48.5 Å². The van der Waals surface area contributed by atoms with E-state index in [2.05, 4.69) is 78.2 Å². The molecule has 19 heavy (non-hydrogen) atoms. The number of fused-ring (bicyclic) bond motifs is 1. The van der Waals surface area contributed by atoms with Crippen LogP contribution >= 0.6 is 0 Å². The van der Waals surface area contributed by atoms with Gasteiger partial charge in [0.1, 0.15) is 0 Å². The molecule has 0 bridgehead atoms. The molecule has 1 atom stereocenters. The first-order valence-corrected chi connectivity index (χ1v) is 6.61. The van der Waals surface area contributed by atoms with Gasteiger partial charge in [0.2, 0.25) is 0 Å². The van der Waals surface area contributed by atoms with E-state index in [4.69, 9.17) is 0 Å². The van der Waals surface area contributed by atoms with E-state index in [1.165, 1.54) is 22.6 Å². The van der Waals surface area contributed by atoms with Crippen molar-refractivity contribution in [2.45, 2.75) is 6.04 Å². The van der Waals surface area contributed by atoms with Crippen LogP contribution in [0.4, 0.5) is 17.1 Å². The van der Waals surface area contributed by atoms with Gasteiger partial charge in [0, 0.05) is 26.3 Å². The molecule has 0 fully saturated rings. The van der Waals surface area contributed by atoms with Gasteiger partial charge >= 0.3 is 0 Å². The van der Waals surface area contributed by atoms with Crippen LogP contribution < -0.4 is 15.5 Å². The summed E-state index contributed by atoms with van der Waals surface area (Å²) in [6.45, 7) is 0.911. The average molecular weight is 253 g/mol. The molecule has 98 valence electrons. The van der Waals surface area contributed by atoms with Crippen LogP contribution in [0.3, 0.4) is 0 Å². The van der Waals surface area contributed by atoms with Gasteiger partial charge in [0.15, 0.2) is 0 Å². The number of hydrogen-bond donors (Lipinski definition) is 2. The van der Waals surface area contributed by atoms with Crippen molar-refractivity contribution in [3.8, 4) is 0 Å². The fourth-order valence-electron chi connectivity index (χ4n) is 2.42. The van der Waals surface area contributed by atoms with Crippen molar-refractivity contribution in [3.63, 3.8) is 0 Å². The molecule has 1 heterocycles. The smallest absolute Gasteiger partial charge is 0.0687 e. The minimum atomic E-state index is 0.332. The van der Waals surface area contributed by atoms with Crippen LogP contribution in [0.2, 0.25) is 0 Å². The van der Waals surface area contributed by atoms with Gasteiger partial charge in [-0.3, -0.25) is 0 Å². The molecule has 0 spiro atoms. The Hall–Kier alpha value is -2.16. The highest BCUT2D eigenvalue weighted by Gasteiger charge is 2.18. The van der Waals surface area contributed by atoms with E-state index < -0.39 is 0 Å². The van der Waals surface area contributed by atoms with Gasteiger partial charge in [-0.1, -0.05) is 30.3 Å². The maximum atomic E-state index is 3.60. The summed E-state index contributed by atoms with van der Waals surface area (Å²) in [7, 11) is 4.12. The third kappa shape index (κ3) is 2.36. The quantitative estimate of drug-likeness (QED) is 0.859. The summed E-state index contributed by atoms with van der Waals surface area (Å²) in [5, 5.41) is 7.12. The predicted octanol–water partition coefficient (Wildman–Crippen LogP) is 3.33. The van der Waals surface area contributed by atoms with E-state index in [1.54, 1.807) is 0 Å². The van der Waals surface area contributed by atoms with Crippen molar-refractivity contribution in [1.29, 1.82) is 0 Å². The van der Waals surface area contributed by atoms with E-state index in [0.717, 1.165) is 6.54 Å². The maximum Gasteiger partial charge on any atom is 0.0687 e. The van der Waals surface area contributed by atoms with Crippen molar-refractivity contribution in [2.24, 2.45) is 0 Å². The molecule has 0 radical (unpaired) electrons. The number of rotatable bonds is 2. The lowest BCUT2D eigenvalue weighted by molar-refractivity contribution is 0.803. The van der Waals surface area contributed by atoms with E-state index in [1.807, 2.05) is 0 Å². The van der Waals surface area contributed by atoms with E-state index in [9.17, 15) is 0 Å². The molecule has 2 N–H and O–H groups in total. The van der Waals surface area contributed by atoms with Crippen LogP contribution in [-0.4, -0.2) is 20.6 Å². The van der Waals surface area contributed by atoms with Crippen molar-refractivity contribution >= 4 is 17.1 Å². The molecule has 3 rings (SSSR count). The molecular weight excluding hydrogens is 234 g/mol. The number of benzene rings is 2. The first-order chi connectivity index (χ1) is 9.24. The lowest BCUT2D eigenvalue weighted by Crippen LogP contribution is -2.26. The Morgan fingerprint density at radius 2 is 1.79 bits per heavy atom. The summed E-state index contributed by atoms with van der Waals surface area (Å²) >= 11 is 0. The van der Waals surface area contributed by atoms with E-state index in [-0.39, 0.29) is 0 Å². The third-order valence-corrected chi connectivity index (χ3v) is 3.55. The second-order valence-corrected chi connectivity index (χ2v) is 5.11. The summed E-state index contributed by atoms with van der Waals surface area (Å²) in [5.41, 5.74) is 4.88. The van der Waals surface area contributed by atoms with Gasteiger partial charge in [-0.05, 0) is 23.8 Å². The first kappa shape index (κ1) is 11.9. The van der Waals surface area contributed by atoms with Crippen LogP contribution in [0.25, 0.3) is 0 Å². The van der Waals surface area contributed by atoms with Gasteiger partial charge in [0.05, 0.1) is 17.4 Å². The SMILES string of the molecule is CN(C)c1ccc2c(c1)NCC(c1ccccc1)N2. The van der Waals surface area contributed by atoms with Crippen LogP contribution in [0.5, 0.6) is 0 Å². The molecule has 1 unspecified atom stereocenters. The normalized spacial score (nSPS) is 17.1. The highest BCUT2D eigenvalue weighted by Crippen LogP contribution is 2.34. The van der Waals surface area contributed by atoms with Crippen LogP contribution in [-0.2, 0) is 0 Å². The molecule has 0 amide bonds. The Balaban J connectivity index is 1.85. The average Bonchev–Trinajstić information content (AvgIpc) is 2.47. The summed E-state index contributed by atoms with van der Waals surface area (Å²) in [5.74, 6) is 0. The van der Waals surface area contributed by atoms with Crippen molar-refractivity contribution in [1.82, 2.24) is 0 Å². The minimum Gasteiger partial charge on any atom is -0.381 e. The monoisotopic (exact) mass is 253 g/mol. The van der Waals surface area contributed by atoms with Crippen molar-refractivity contribution in [2.75, 3.05) is 36.2 Å². The lowest BCUT2D eigenvalue weighted by Gasteiger charge is -2.29. The third-order valence-electron chi connectivity index (χ3n) is 3.55. The molecule has 3 heteroatoms.